The number of rotatable bonds is 4. The number of anilines is 1. The molecule has 0 bridgehead atoms. The molecule has 0 spiro atoms. The van der Waals surface area contributed by atoms with Crippen molar-refractivity contribution in [3.05, 3.63) is 36.4 Å². The first kappa shape index (κ1) is 15.0. The summed E-state index contributed by atoms with van der Waals surface area (Å²) in [5, 5.41) is 10.7. The molecule has 1 aromatic carbocycles. The molecule has 0 aromatic heterocycles. The van der Waals surface area contributed by atoms with Gasteiger partial charge in [0.15, 0.2) is 5.82 Å². The summed E-state index contributed by atoms with van der Waals surface area (Å²) in [6.45, 7) is 1.75. The Bertz CT molecular complexity index is 575. The Morgan fingerprint density at radius 1 is 1.33 bits per heavy atom. The smallest absolute Gasteiger partial charge is 0.224 e. The van der Waals surface area contributed by atoms with Crippen LogP contribution in [0.4, 0.5) is 15.8 Å². The maximum absolute atomic E-state index is 13.7. The molecule has 0 fully saturated rings. The van der Waals surface area contributed by atoms with Gasteiger partial charge in [0.1, 0.15) is 5.69 Å². The van der Waals surface area contributed by atoms with Crippen molar-refractivity contribution in [1.29, 1.82) is 0 Å². The van der Waals surface area contributed by atoms with Crippen molar-refractivity contribution in [3.63, 3.8) is 0 Å². The monoisotopic (exact) mass is 291 g/mol. The molecule has 112 valence electrons. The van der Waals surface area contributed by atoms with E-state index in [0.29, 0.717) is 12.1 Å². The topological polar surface area (TPSA) is 60.3 Å². The predicted molar refractivity (Wildman–Crippen MR) is 78.3 cm³/mol. The van der Waals surface area contributed by atoms with E-state index in [1.807, 2.05) is 36.3 Å². The van der Waals surface area contributed by atoms with Gasteiger partial charge in [0.2, 0.25) is 12.2 Å². The highest BCUT2D eigenvalue weighted by Crippen LogP contribution is 2.24. The molecule has 0 unspecified atom stereocenters. The lowest BCUT2D eigenvalue weighted by molar-refractivity contribution is -0.115. The maximum Gasteiger partial charge on any atom is 0.224 e. The van der Waals surface area contributed by atoms with Gasteiger partial charge in [-0.3, -0.25) is 4.79 Å². The van der Waals surface area contributed by atoms with Crippen molar-refractivity contribution in [2.75, 3.05) is 19.4 Å². The maximum atomic E-state index is 13.7. The lowest BCUT2D eigenvalue weighted by Crippen LogP contribution is -2.31. The second-order valence-electron chi connectivity index (χ2n) is 4.76. The number of hydrogen-bond acceptors (Lipinski definition) is 5. The third-order valence-corrected chi connectivity index (χ3v) is 3.09. The zero-order valence-corrected chi connectivity index (χ0v) is 12.2. The molecule has 0 atom stereocenters. The molecule has 1 aromatic rings. The number of benzene rings is 1. The molecule has 1 N–H and O–H groups in total. The van der Waals surface area contributed by atoms with Crippen molar-refractivity contribution >= 4 is 17.3 Å². The van der Waals surface area contributed by atoms with Gasteiger partial charge in [-0.15, -0.1) is 10.2 Å². The van der Waals surface area contributed by atoms with Gasteiger partial charge >= 0.3 is 0 Å². The van der Waals surface area contributed by atoms with Crippen LogP contribution in [0.25, 0.3) is 0 Å². The van der Waals surface area contributed by atoms with Gasteiger partial charge in [-0.05, 0) is 18.2 Å². The summed E-state index contributed by atoms with van der Waals surface area (Å²) in [4.78, 5) is 15.1. The van der Waals surface area contributed by atoms with Crippen molar-refractivity contribution in [1.82, 2.24) is 9.80 Å². The number of nitrogens with one attached hydrogen (secondary N) is 1. The van der Waals surface area contributed by atoms with E-state index in [9.17, 15) is 9.18 Å². The fraction of sp³-hybridized carbons (Fsp3) is 0.357. The fourth-order valence-corrected chi connectivity index (χ4v) is 1.84. The molecule has 0 saturated carbocycles. The van der Waals surface area contributed by atoms with Gasteiger partial charge in [-0.25, -0.2) is 4.39 Å². The van der Waals surface area contributed by atoms with E-state index in [4.69, 9.17) is 0 Å². The second-order valence-corrected chi connectivity index (χ2v) is 4.76. The summed E-state index contributed by atoms with van der Waals surface area (Å²) in [5.41, 5.74) is 0.598. The van der Waals surface area contributed by atoms with E-state index >= 15 is 0 Å². The first-order valence-electron chi connectivity index (χ1n) is 6.63. The third-order valence-electron chi connectivity index (χ3n) is 3.09. The Balaban J connectivity index is 2.15. The van der Waals surface area contributed by atoms with Crippen molar-refractivity contribution in [2.45, 2.75) is 19.6 Å². The first-order valence-corrected chi connectivity index (χ1v) is 6.63. The molecule has 0 saturated heterocycles. The fourth-order valence-electron chi connectivity index (χ4n) is 1.84. The van der Waals surface area contributed by atoms with Crippen LogP contribution in [0.3, 0.4) is 0 Å². The normalized spacial score (nSPS) is 15.2. The van der Waals surface area contributed by atoms with E-state index in [0.717, 1.165) is 0 Å². The number of azo groups is 1. The third kappa shape index (κ3) is 3.56. The average Bonchev–Trinajstić information content (AvgIpc) is 2.78. The zero-order valence-electron chi connectivity index (χ0n) is 12.2. The van der Waals surface area contributed by atoms with Crippen LogP contribution in [0.2, 0.25) is 0 Å². The Labute approximate surface area is 122 Å². The number of nitrogens with zero attached hydrogens (tertiary/aromatic N) is 4. The molecule has 1 aliphatic rings. The molecule has 0 aliphatic carbocycles. The van der Waals surface area contributed by atoms with Crippen molar-refractivity contribution < 1.29 is 9.18 Å². The number of amides is 1. The summed E-state index contributed by atoms with van der Waals surface area (Å²) in [5.74, 6) is -0.617. The van der Waals surface area contributed by atoms with E-state index in [-0.39, 0.29) is 17.9 Å². The molecule has 6 nitrogen and oxygen atoms in total. The van der Waals surface area contributed by atoms with Gasteiger partial charge in [0, 0.05) is 38.6 Å². The highest BCUT2D eigenvalue weighted by Gasteiger charge is 2.19. The van der Waals surface area contributed by atoms with E-state index in [1.54, 1.807) is 6.92 Å². The number of carbonyl (C=O) groups is 1. The summed E-state index contributed by atoms with van der Waals surface area (Å²) < 4.78 is 13.7. The van der Waals surface area contributed by atoms with Crippen molar-refractivity contribution in [2.24, 2.45) is 10.2 Å². The Morgan fingerprint density at radius 2 is 2.00 bits per heavy atom. The molecule has 2 rings (SSSR count). The molecule has 1 amide bonds. The van der Waals surface area contributed by atoms with Crippen LogP contribution < -0.4 is 5.32 Å². The van der Waals surface area contributed by atoms with Crippen LogP contribution in [0.15, 0.2) is 40.8 Å². The Kier molecular flexibility index (Phi) is 4.52. The van der Waals surface area contributed by atoms with Crippen LogP contribution in [0.5, 0.6) is 0 Å². The summed E-state index contributed by atoms with van der Waals surface area (Å²) in [6, 6.07) is 4.23. The number of carbonyl (C=O) groups excluding carboxylic acids is 1. The minimum Gasteiger partial charge on any atom is -0.340 e. The van der Waals surface area contributed by atoms with Crippen LogP contribution >= 0.6 is 0 Å². The lowest BCUT2D eigenvalue weighted by atomic mass is 10.2. The molecular weight excluding hydrogens is 273 g/mol. The molecule has 1 aliphatic heterocycles. The van der Waals surface area contributed by atoms with E-state index in [2.05, 4.69) is 15.5 Å². The van der Waals surface area contributed by atoms with E-state index in [1.165, 1.54) is 18.2 Å². The molecular formula is C14H18FN5O. The van der Waals surface area contributed by atoms with Crippen LogP contribution in [-0.2, 0) is 4.79 Å². The summed E-state index contributed by atoms with van der Waals surface area (Å²) in [7, 11) is 3.72. The van der Waals surface area contributed by atoms with Crippen LogP contribution in [0.1, 0.15) is 13.3 Å². The van der Waals surface area contributed by atoms with E-state index < -0.39 is 5.82 Å². The minimum atomic E-state index is -0.482. The van der Waals surface area contributed by atoms with Gasteiger partial charge in [0.05, 0.1) is 0 Å². The molecule has 1 heterocycles. The zero-order chi connectivity index (χ0) is 15.4. The summed E-state index contributed by atoms with van der Waals surface area (Å²) in [6.07, 6.45) is 3.78. The van der Waals surface area contributed by atoms with Gasteiger partial charge in [-0.2, -0.15) is 0 Å². The number of hydrogen-bond donors (Lipinski definition) is 1. The Morgan fingerprint density at radius 3 is 2.62 bits per heavy atom. The molecule has 21 heavy (non-hydrogen) atoms. The second kappa shape index (κ2) is 6.34. The average molecular weight is 291 g/mol. The molecule has 0 radical (unpaired) electrons. The highest BCUT2D eigenvalue weighted by atomic mass is 19.1. The SMILES string of the molecule is CCC(=O)Nc1ccc(F)c(/N=N/C2N(C)C=CN2C)c1. The summed E-state index contributed by atoms with van der Waals surface area (Å²) >= 11 is 0. The Hall–Kier alpha value is -2.44. The minimum absolute atomic E-state index is 0.0950. The van der Waals surface area contributed by atoms with Gasteiger partial charge in [0.25, 0.3) is 0 Å². The predicted octanol–water partition coefficient (Wildman–Crippen LogP) is 2.89. The quantitative estimate of drug-likeness (QED) is 0.868. The first-order chi connectivity index (χ1) is 10.0. The van der Waals surface area contributed by atoms with Crippen LogP contribution in [0, 0.1) is 5.82 Å². The van der Waals surface area contributed by atoms with Gasteiger partial charge in [-0.1, -0.05) is 6.92 Å². The lowest BCUT2D eigenvalue weighted by Gasteiger charge is -2.21. The highest BCUT2D eigenvalue weighted by molar-refractivity contribution is 5.90. The number of halogens is 1. The van der Waals surface area contributed by atoms with Crippen LogP contribution in [-0.4, -0.2) is 36.1 Å². The largest absolute Gasteiger partial charge is 0.340 e. The van der Waals surface area contributed by atoms with Gasteiger partial charge < -0.3 is 15.1 Å². The standard InChI is InChI=1S/C14H18FN5O/c1-4-13(21)16-10-5-6-11(15)12(9-10)17-18-14-19(2)7-8-20(14)3/h5-9,14H,4H2,1-3H3,(H,16,21)/b18-17+. The molecule has 7 heteroatoms. The van der Waals surface area contributed by atoms with Crippen molar-refractivity contribution in [3.8, 4) is 0 Å².